The fraction of sp³-hybridized carbons (Fsp3) is 0. The maximum atomic E-state index is 5.71. The number of fused-ring (bicyclic) bond motifs is 1. The minimum Gasteiger partial charge on any atom is -0.313 e. The first-order valence-corrected chi connectivity index (χ1v) is 5.61. The Hall–Kier alpha value is -2.02. The highest BCUT2D eigenvalue weighted by atomic mass is 15.0. The largest absolute Gasteiger partial charge is 0.313 e. The van der Waals surface area contributed by atoms with Crippen molar-refractivity contribution < 1.29 is 0 Å². The third-order valence-electron chi connectivity index (χ3n) is 2.92. The van der Waals surface area contributed by atoms with Crippen LogP contribution < -0.4 is 0 Å². The molecule has 0 atom stereocenters. The molecule has 1 nitrogen and oxygen atoms in total. The summed E-state index contributed by atoms with van der Waals surface area (Å²) < 4.78 is 2.16. The van der Waals surface area contributed by atoms with Gasteiger partial charge < -0.3 is 4.57 Å². The Morgan fingerprint density at radius 1 is 0.882 bits per heavy atom. The molecule has 0 aliphatic heterocycles. The maximum absolute atomic E-state index is 5.71. The molecule has 1 heterocycles. The first-order valence-electron chi connectivity index (χ1n) is 5.61. The summed E-state index contributed by atoms with van der Waals surface area (Å²) >= 11 is 0. The monoisotopic (exact) mass is 218 g/mol. The summed E-state index contributed by atoms with van der Waals surface area (Å²) in [5.74, 6) is 0. The van der Waals surface area contributed by atoms with Gasteiger partial charge >= 0.3 is 0 Å². The van der Waals surface area contributed by atoms with Crippen molar-refractivity contribution in [3.8, 4) is 5.69 Å². The average Bonchev–Trinajstić information content (AvgIpc) is 2.78. The van der Waals surface area contributed by atoms with Crippen LogP contribution in [-0.2, 0) is 0 Å². The molecule has 3 radical (unpaired) electrons. The normalized spacial score (nSPS) is 10.9. The molecule has 1 aromatic heterocycles. The zero-order valence-corrected chi connectivity index (χ0v) is 9.38. The van der Waals surface area contributed by atoms with Crippen molar-refractivity contribution in [3.63, 3.8) is 0 Å². The summed E-state index contributed by atoms with van der Waals surface area (Å²) in [5, 5.41) is 1.20. The molecule has 1 heteroatoms. The molecule has 0 fully saturated rings. The van der Waals surface area contributed by atoms with Crippen LogP contribution in [0.3, 0.4) is 0 Å². The van der Waals surface area contributed by atoms with Crippen LogP contribution in [0.15, 0.2) is 60.7 Å². The minimum absolute atomic E-state index is 1.01. The molecule has 2 aromatic carbocycles. The first-order chi connectivity index (χ1) is 8.40. The molecule has 3 rings (SSSR count). The van der Waals surface area contributed by atoms with Crippen molar-refractivity contribution in [3.05, 3.63) is 79.7 Å². The van der Waals surface area contributed by atoms with Crippen LogP contribution in [0.4, 0.5) is 0 Å². The van der Waals surface area contributed by atoms with Gasteiger partial charge in [0, 0.05) is 23.2 Å². The Balaban J connectivity index is 2.34. The van der Waals surface area contributed by atoms with Gasteiger partial charge in [0.15, 0.2) is 0 Å². The van der Waals surface area contributed by atoms with E-state index in [1.807, 2.05) is 30.3 Å². The highest BCUT2D eigenvalue weighted by Gasteiger charge is 2.08. The molecular formula is C16H12N. The third-order valence-corrected chi connectivity index (χ3v) is 2.92. The fourth-order valence-corrected chi connectivity index (χ4v) is 2.16. The predicted octanol–water partition coefficient (Wildman–Crippen LogP) is 3.89. The summed E-state index contributed by atoms with van der Waals surface area (Å²) in [7, 11) is 0. The average molecular weight is 218 g/mol. The Bertz CT molecular complexity index is 635. The lowest BCUT2D eigenvalue weighted by atomic mass is 10.2. The Kier molecular flexibility index (Phi) is 2.45. The Morgan fingerprint density at radius 2 is 1.59 bits per heavy atom. The smallest absolute Gasteiger partial charge is 0.0531 e. The van der Waals surface area contributed by atoms with Gasteiger partial charge in [-0.3, -0.25) is 0 Å². The zero-order valence-electron chi connectivity index (χ0n) is 9.38. The molecule has 0 spiro atoms. The van der Waals surface area contributed by atoms with E-state index in [0.29, 0.717) is 0 Å². The molecule has 3 aromatic rings. The highest BCUT2D eigenvalue weighted by molar-refractivity contribution is 5.83. The van der Waals surface area contributed by atoms with E-state index in [2.05, 4.69) is 34.9 Å². The lowest BCUT2D eigenvalue weighted by Crippen LogP contribution is -1.97. The number of aromatic nitrogens is 1. The van der Waals surface area contributed by atoms with Gasteiger partial charge in [-0.25, -0.2) is 0 Å². The van der Waals surface area contributed by atoms with Crippen LogP contribution >= 0.6 is 0 Å². The first kappa shape index (κ1) is 10.2. The quantitative estimate of drug-likeness (QED) is 0.615. The molecule has 17 heavy (non-hydrogen) atoms. The van der Waals surface area contributed by atoms with Gasteiger partial charge in [-0.15, -0.1) is 0 Å². The van der Waals surface area contributed by atoms with E-state index in [4.69, 9.17) is 6.92 Å². The van der Waals surface area contributed by atoms with Crippen LogP contribution in [0.1, 0.15) is 5.69 Å². The standard InChI is InChI=1S/C16H12N/c1-2-14-12-13-8-6-7-11-16(13)17(14)15-9-4-3-5-10-15/h1-12H. The van der Waals surface area contributed by atoms with Crippen LogP contribution in [0.5, 0.6) is 0 Å². The number of hydrogen-bond acceptors (Lipinski definition) is 0. The van der Waals surface area contributed by atoms with E-state index in [1.165, 1.54) is 10.9 Å². The molecule has 0 aliphatic carbocycles. The van der Waals surface area contributed by atoms with Gasteiger partial charge in [0.1, 0.15) is 0 Å². The molecular weight excluding hydrogens is 206 g/mol. The second-order valence-electron chi connectivity index (χ2n) is 3.97. The van der Waals surface area contributed by atoms with E-state index in [9.17, 15) is 0 Å². The summed E-state index contributed by atoms with van der Waals surface area (Å²) in [4.78, 5) is 0. The van der Waals surface area contributed by atoms with Gasteiger partial charge in [-0.2, -0.15) is 0 Å². The van der Waals surface area contributed by atoms with Gasteiger partial charge in [0.05, 0.1) is 5.52 Å². The van der Waals surface area contributed by atoms with E-state index in [-0.39, 0.29) is 0 Å². The molecule has 81 valence electrons. The highest BCUT2D eigenvalue weighted by Crippen LogP contribution is 2.24. The van der Waals surface area contributed by atoms with Gasteiger partial charge in [-0.05, 0) is 31.2 Å². The van der Waals surface area contributed by atoms with E-state index < -0.39 is 0 Å². The van der Waals surface area contributed by atoms with Crippen molar-refractivity contribution in [2.75, 3.05) is 0 Å². The van der Waals surface area contributed by atoms with Gasteiger partial charge in [0.2, 0.25) is 0 Å². The number of para-hydroxylation sites is 2. The van der Waals surface area contributed by atoms with Crippen molar-refractivity contribution >= 4 is 10.9 Å². The molecule has 0 aliphatic rings. The van der Waals surface area contributed by atoms with Crippen molar-refractivity contribution in [1.29, 1.82) is 0 Å². The van der Waals surface area contributed by atoms with Crippen molar-refractivity contribution in [2.24, 2.45) is 0 Å². The van der Waals surface area contributed by atoms with Crippen LogP contribution in [0.2, 0.25) is 0 Å². The molecule has 0 N–H and O–H groups in total. The lowest BCUT2D eigenvalue weighted by molar-refractivity contribution is 1.07. The van der Waals surface area contributed by atoms with Gasteiger partial charge in [-0.1, -0.05) is 36.4 Å². The van der Waals surface area contributed by atoms with E-state index in [1.54, 1.807) is 6.42 Å². The summed E-state index contributed by atoms with van der Waals surface area (Å²) in [6, 6.07) is 20.6. The summed E-state index contributed by atoms with van der Waals surface area (Å²) in [6.45, 7) is 5.71. The predicted molar refractivity (Wildman–Crippen MR) is 71.0 cm³/mol. The number of rotatable bonds is 2. The summed E-state index contributed by atoms with van der Waals surface area (Å²) in [6.07, 6.45) is 1.65. The molecule has 0 saturated carbocycles. The lowest BCUT2D eigenvalue weighted by Gasteiger charge is -2.09. The second kappa shape index (κ2) is 4.10. The number of hydrogen-bond donors (Lipinski definition) is 0. The minimum atomic E-state index is 1.01. The number of benzene rings is 2. The van der Waals surface area contributed by atoms with Crippen molar-refractivity contribution in [2.45, 2.75) is 0 Å². The topological polar surface area (TPSA) is 4.93 Å². The van der Waals surface area contributed by atoms with Gasteiger partial charge in [0.25, 0.3) is 0 Å². The van der Waals surface area contributed by atoms with Crippen LogP contribution in [0.25, 0.3) is 16.6 Å². The SMILES string of the molecule is [CH][CH]c1cc2ccccc2n1-c1ccccc1. The van der Waals surface area contributed by atoms with E-state index in [0.717, 1.165) is 11.4 Å². The molecule has 0 bridgehead atoms. The molecule has 0 unspecified atom stereocenters. The van der Waals surface area contributed by atoms with Crippen molar-refractivity contribution in [1.82, 2.24) is 4.57 Å². The Labute approximate surface area is 101 Å². The van der Waals surface area contributed by atoms with Crippen LogP contribution in [0, 0.1) is 13.3 Å². The van der Waals surface area contributed by atoms with Crippen LogP contribution in [-0.4, -0.2) is 4.57 Å². The molecule has 0 saturated heterocycles. The maximum Gasteiger partial charge on any atom is 0.0531 e. The second-order valence-corrected chi connectivity index (χ2v) is 3.97. The zero-order chi connectivity index (χ0) is 11.7. The van der Waals surface area contributed by atoms with E-state index >= 15 is 0 Å². The third kappa shape index (κ3) is 1.64. The Morgan fingerprint density at radius 3 is 2.35 bits per heavy atom. The fourth-order valence-electron chi connectivity index (χ4n) is 2.16. The number of nitrogens with zero attached hydrogens (tertiary/aromatic N) is 1. The molecule has 0 amide bonds. The summed E-state index contributed by atoms with van der Waals surface area (Å²) in [5.41, 5.74) is 3.32.